The molecule has 0 aliphatic carbocycles. The van der Waals surface area contributed by atoms with Crippen LogP contribution in [0.2, 0.25) is 0 Å². The van der Waals surface area contributed by atoms with Crippen molar-refractivity contribution >= 4 is 0 Å². The number of rotatable bonds is 15. The zero-order chi connectivity index (χ0) is 29.2. The van der Waals surface area contributed by atoms with Crippen molar-refractivity contribution < 1.29 is 81.7 Å². The van der Waals surface area contributed by atoms with E-state index in [0.29, 0.717) is 0 Å². The van der Waals surface area contributed by atoms with Crippen molar-refractivity contribution in [2.75, 3.05) is 39.6 Å². The van der Waals surface area contributed by atoms with Crippen LogP contribution < -0.4 is 0 Å². The molecule has 0 aromatic heterocycles. The van der Waals surface area contributed by atoms with E-state index in [9.17, 15) is 10.2 Å². The normalized spacial score (nSPS) is 21.5. The standard InChI is InChI=1S/2C7H16O5.C6H14O6/c2*1-4(5(10)2-8)7(12)6(11)3-9;7-1-3(9)5(11)6(12)4(10)2-8/h2*4-12H,2-3H2,1H3;3-12H,1-2H2. The summed E-state index contributed by atoms with van der Waals surface area (Å²) >= 11 is 0. The second kappa shape index (κ2) is 22.4. The minimum Gasteiger partial charge on any atom is -0.394 e. The van der Waals surface area contributed by atoms with E-state index in [4.69, 9.17) is 71.5 Å². The molecule has 0 spiro atoms. The van der Waals surface area contributed by atoms with Crippen molar-refractivity contribution in [3.63, 3.8) is 0 Å². The van der Waals surface area contributed by atoms with Crippen LogP contribution in [-0.2, 0) is 0 Å². The quantitative estimate of drug-likeness (QED) is 0.0912. The Kier molecular flexibility index (Phi) is 24.8. The van der Waals surface area contributed by atoms with E-state index in [0.717, 1.165) is 0 Å². The summed E-state index contributed by atoms with van der Waals surface area (Å²) in [6.07, 6.45) is -13.6. The van der Waals surface area contributed by atoms with Gasteiger partial charge >= 0.3 is 0 Å². The zero-order valence-electron chi connectivity index (χ0n) is 20.3. The van der Waals surface area contributed by atoms with E-state index >= 15 is 0 Å². The summed E-state index contributed by atoms with van der Waals surface area (Å²) < 4.78 is 0. The Balaban J connectivity index is -0.000000454. The smallest absolute Gasteiger partial charge is 0.111 e. The van der Waals surface area contributed by atoms with Gasteiger partial charge in [0.2, 0.25) is 0 Å². The third-order valence-corrected chi connectivity index (χ3v) is 5.34. The van der Waals surface area contributed by atoms with Crippen LogP contribution in [0.15, 0.2) is 0 Å². The van der Waals surface area contributed by atoms with Crippen molar-refractivity contribution in [1.82, 2.24) is 0 Å². The van der Waals surface area contributed by atoms with Crippen LogP contribution >= 0.6 is 0 Å². The van der Waals surface area contributed by atoms with E-state index in [-0.39, 0.29) is 0 Å². The lowest BCUT2D eigenvalue weighted by Crippen LogP contribution is -2.46. The summed E-state index contributed by atoms with van der Waals surface area (Å²) in [5.41, 5.74) is 0. The van der Waals surface area contributed by atoms with Crippen molar-refractivity contribution in [3.05, 3.63) is 0 Å². The maximum Gasteiger partial charge on any atom is 0.111 e. The second-order valence-electron chi connectivity index (χ2n) is 8.18. The molecule has 0 radical (unpaired) electrons. The van der Waals surface area contributed by atoms with Gasteiger partial charge in [-0.2, -0.15) is 0 Å². The van der Waals surface area contributed by atoms with Crippen LogP contribution in [0.25, 0.3) is 0 Å². The second-order valence-corrected chi connectivity index (χ2v) is 8.18. The highest BCUT2D eigenvalue weighted by atomic mass is 16.4. The summed E-state index contributed by atoms with van der Waals surface area (Å²) in [7, 11) is 0. The lowest BCUT2D eigenvalue weighted by Gasteiger charge is -2.25. The number of aliphatic hydroxyl groups excluding tert-OH is 16. The van der Waals surface area contributed by atoms with Gasteiger partial charge < -0.3 is 81.7 Å². The molecule has 12 atom stereocenters. The first-order chi connectivity index (χ1) is 16.6. The fourth-order valence-corrected chi connectivity index (χ4v) is 2.38. The van der Waals surface area contributed by atoms with E-state index in [1.165, 1.54) is 13.8 Å². The maximum atomic E-state index is 9.21. The lowest BCUT2D eigenvalue weighted by atomic mass is 9.95. The number of hydrogen-bond acceptors (Lipinski definition) is 16. The minimum atomic E-state index is -1.67. The minimum absolute atomic E-state index is 0.476. The Hall–Kier alpha value is -0.640. The largest absolute Gasteiger partial charge is 0.394 e. The molecule has 0 saturated carbocycles. The Labute approximate surface area is 208 Å². The molecule has 0 heterocycles. The summed E-state index contributed by atoms with van der Waals surface area (Å²) in [6, 6.07) is 0. The molecule has 16 nitrogen and oxygen atoms in total. The van der Waals surface area contributed by atoms with E-state index < -0.39 is 113 Å². The molecule has 0 bridgehead atoms. The van der Waals surface area contributed by atoms with Gasteiger partial charge in [0, 0.05) is 11.8 Å². The summed E-state index contributed by atoms with van der Waals surface area (Å²) in [6.45, 7) is -0.582. The number of aliphatic hydroxyl groups is 16. The van der Waals surface area contributed by atoms with Crippen molar-refractivity contribution in [3.8, 4) is 0 Å². The summed E-state index contributed by atoms with van der Waals surface area (Å²) in [5.74, 6) is -1.34. The Morgan fingerprint density at radius 2 is 0.472 bits per heavy atom. The molecular formula is C20H46O16. The average molecular weight is 543 g/mol. The summed E-state index contributed by atoms with van der Waals surface area (Å²) in [4.78, 5) is 0. The van der Waals surface area contributed by atoms with Gasteiger partial charge in [0.15, 0.2) is 0 Å². The van der Waals surface area contributed by atoms with E-state index in [2.05, 4.69) is 0 Å². The maximum absolute atomic E-state index is 9.21. The number of hydrogen-bond donors (Lipinski definition) is 16. The van der Waals surface area contributed by atoms with Crippen LogP contribution in [0.3, 0.4) is 0 Å². The highest BCUT2D eigenvalue weighted by molar-refractivity contribution is 4.80. The Morgan fingerprint density at radius 3 is 0.639 bits per heavy atom. The van der Waals surface area contributed by atoms with Gasteiger partial charge in [0.1, 0.15) is 36.6 Å². The van der Waals surface area contributed by atoms with Gasteiger partial charge in [-0.25, -0.2) is 0 Å². The van der Waals surface area contributed by atoms with Gasteiger partial charge in [-0.1, -0.05) is 13.8 Å². The Bertz CT molecular complexity index is 380. The fourth-order valence-electron chi connectivity index (χ4n) is 2.38. The summed E-state index contributed by atoms with van der Waals surface area (Å²) in [5, 5.41) is 140. The van der Waals surface area contributed by atoms with Gasteiger partial charge in [0.05, 0.1) is 64.1 Å². The molecule has 0 aliphatic heterocycles. The third kappa shape index (κ3) is 15.6. The average Bonchev–Trinajstić information content (AvgIpc) is 2.92. The van der Waals surface area contributed by atoms with Crippen LogP contribution in [0.5, 0.6) is 0 Å². The third-order valence-electron chi connectivity index (χ3n) is 5.34. The Morgan fingerprint density at radius 1 is 0.306 bits per heavy atom. The molecule has 0 aliphatic rings. The zero-order valence-corrected chi connectivity index (χ0v) is 20.3. The first-order valence-electron chi connectivity index (χ1n) is 11.1. The highest BCUT2D eigenvalue weighted by Gasteiger charge is 2.30. The molecule has 222 valence electrons. The van der Waals surface area contributed by atoms with Crippen LogP contribution in [0.4, 0.5) is 0 Å². The molecule has 16 heteroatoms. The molecule has 0 aromatic carbocycles. The van der Waals surface area contributed by atoms with Crippen molar-refractivity contribution in [2.45, 2.75) is 74.9 Å². The fraction of sp³-hybridized carbons (Fsp3) is 1.00. The molecule has 36 heavy (non-hydrogen) atoms. The van der Waals surface area contributed by atoms with Crippen LogP contribution in [0, 0.1) is 11.8 Å². The molecule has 0 fully saturated rings. The molecule has 0 saturated heterocycles. The molecule has 0 aromatic rings. The predicted molar refractivity (Wildman–Crippen MR) is 121 cm³/mol. The van der Waals surface area contributed by atoms with E-state index in [1.54, 1.807) is 0 Å². The topological polar surface area (TPSA) is 324 Å². The molecule has 0 rings (SSSR count). The van der Waals surface area contributed by atoms with Crippen LogP contribution in [-0.4, -0.2) is 182 Å². The molecule has 16 N–H and O–H groups in total. The van der Waals surface area contributed by atoms with Gasteiger partial charge in [-0.3, -0.25) is 0 Å². The highest BCUT2D eigenvalue weighted by Crippen LogP contribution is 2.12. The van der Waals surface area contributed by atoms with Gasteiger partial charge in [-0.15, -0.1) is 0 Å². The van der Waals surface area contributed by atoms with Gasteiger partial charge in [-0.05, 0) is 0 Å². The first-order valence-corrected chi connectivity index (χ1v) is 11.1. The lowest BCUT2D eigenvalue weighted by molar-refractivity contribution is -0.123. The molecular weight excluding hydrogens is 496 g/mol. The SMILES string of the molecule is CC(C(O)CO)C(O)C(O)CO.CC(C(O)CO)C(O)C(O)CO.OCC(O)C(O)C(O)C(O)CO. The predicted octanol–water partition coefficient (Wildman–Crippen LogP) is -8.21. The first kappa shape index (κ1) is 39.9. The molecule has 0 amide bonds. The van der Waals surface area contributed by atoms with Crippen molar-refractivity contribution in [2.24, 2.45) is 11.8 Å². The monoisotopic (exact) mass is 542 g/mol. The molecule has 12 unspecified atom stereocenters. The van der Waals surface area contributed by atoms with Crippen LogP contribution in [0.1, 0.15) is 13.8 Å². The van der Waals surface area contributed by atoms with Gasteiger partial charge in [0.25, 0.3) is 0 Å². The van der Waals surface area contributed by atoms with E-state index in [1.807, 2.05) is 0 Å². The van der Waals surface area contributed by atoms with Crippen molar-refractivity contribution in [1.29, 1.82) is 0 Å².